The normalized spacial score (nSPS) is 23.6. The van der Waals surface area contributed by atoms with Gasteiger partial charge in [0.1, 0.15) is 0 Å². The van der Waals surface area contributed by atoms with Crippen molar-refractivity contribution in [1.82, 2.24) is 10.2 Å². The molecule has 1 atom stereocenters. The molecule has 2 fully saturated rings. The van der Waals surface area contributed by atoms with Gasteiger partial charge in [-0.1, -0.05) is 6.07 Å². The molecule has 1 aromatic rings. The van der Waals surface area contributed by atoms with E-state index in [1.54, 1.807) is 11.3 Å². The molecule has 2 aliphatic rings. The van der Waals surface area contributed by atoms with E-state index in [1.807, 2.05) is 11.4 Å². The topological polar surface area (TPSA) is 32.3 Å². The Morgan fingerprint density at radius 2 is 2.15 bits per heavy atom. The summed E-state index contributed by atoms with van der Waals surface area (Å²) in [5.74, 6) is 1.09. The zero-order valence-corrected chi connectivity index (χ0v) is 13.3. The first-order valence-electron chi connectivity index (χ1n) is 7.36. The highest BCUT2D eigenvalue weighted by atomic mass is 35.5. The Bertz CT molecular complexity index is 410. The Hall–Kier alpha value is -0.580. The van der Waals surface area contributed by atoms with E-state index in [0.29, 0.717) is 12.3 Å². The van der Waals surface area contributed by atoms with E-state index in [4.69, 9.17) is 0 Å². The highest BCUT2D eigenvalue weighted by Crippen LogP contribution is 2.26. The fraction of sp³-hybridized carbons (Fsp3) is 0.667. The first kappa shape index (κ1) is 15.8. The average Bonchev–Trinajstić information content (AvgIpc) is 3.12. The van der Waals surface area contributed by atoms with Crippen LogP contribution in [-0.2, 0) is 11.2 Å². The lowest BCUT2D eigenvalue weighted by molar-refractivity contribution is -0.131. The summed E-state index contributed by atoms with van der Waals surface area (Å²) in [5, 5.41) is 5.65. The monoisotopic (exact) mass is 314 g/mol. The quantitative estimate of drug-likeness (QED) is 0.930. The first-order valence-corrected chi connectivity index (χ1v) is 8.24. The number of hydrogen-bond donors (Lipinski definition) is 1. The highest BCUT2D eigenvalue weighted by molar-refractivity contribution is 7.10. The molecule has 5 heteroatoms. The van der Waals surface area contributed by atoms with Crippen LogP contribution in [0.4, 0.5) is 0 Å². The van der Waals surface area contributed by atoms with Gasteiger partial charge in [-0.05, 0) is 49.6 Å². The van der Waals surface area contributed by atoms with Gasteiger partial charge < -0.3 is 10.2 Å². The second kappa shape index (κ2) is 7.43. The maximum absolute atomic E-state index is 12.2. The minimum absolute atomic E-state index is 0. The molecule has 1 unspecified atom stereocenters. The largest absolute Gasteiger partial charge is 0.342 e. The van der Waals surface area contributed by atoms with Crippen molar-refractivity contribution in [3.8, 4) is 0 Å². The summed E-state index contributed by atoms with van der Waals surface area (Å²) in [5.41, 5.74) is 0. The third-order valence-corrected chi connectivity index (χ3v) is 5.34. The molecule has 1 N–H and O–H groups in total. The summed E-state index contributed by atoms with van der Waals surface area (Å²) >= 11 is 1.68. The van der Waals surface area contributed by atoms with Crippen molar-refractivity contribution in [3.05, 3.63) is 22.4 Å². The number of carbonyl (C=O) groups is 1. The molecule has 0 saturated carbocycles. The zero-order valence-electron chi connectivity index (χ0n) is 11.7. The smallest absolute Gasteiger partial charge is 0.227 e. The van der Waals surface area contributed by atoms with Gasteiger partial charge in [0.15, 0.2) is 0 Å². The lowest BCUT2D eigenvalue weighted by Gasteiger charge is -2.35. The van der Waals surface area contributed by atoms with Gasteiger partial charge in [0.05, 0.1) is 6.42 Å². The van der Waals surface area contributed by atoms with Crippen LogP contribution in [0.25, 0.3) is 0 Å². The number of thiophene rings is 1. The first-order chi connectivity index (χ1) is 9.33. The second-order valence-corrected chi connectivity index (χ2v) is 6.71. The fourth-order valence-corrected chi connectivity index (χ4v) is 4.03. The maximum atomic E-state index is 12.2. The minimum Gasteiger partial charge on any atom is -0.342 e. The number of carbonyl (C=O) groups excluding carboxylic acids is 1. The molecule has 0 radical (unpaired) electrons. The van der Waals surface area contributed by atoms with Crippen molar-refractivity contribution < 1.29 is 4.79 Å². The number of piperidine rings is 1. The average molecular weight is 315 g/mol. The van der Waals surface area contributed by atoms with E-state index in [-0.39, 0.29) is 12.4 Å². The molecule has 0 aliphatic carbocycles. The molecule has 2 saturated heterocycles. The number of halogens is 1. The summed E-state index contributed by atoms with van der Waals surface area (Å²) in [6.07, 6.45) is 5.59. The predicted molar refractivity (Wildman–Crippen MR) is 85.6 cm³/mol. The van der Waals surface area contributed by atoms with E-state index in [0.717, 1.165) is 25.0 Å². The van der Waals surface area contributed by atoms with E-state index >= 15 is 0 Å². The standard InChI is InChI=1S/C15H22N2OS.ClH/c18-15(11-13-3-2-10-19-13)17-8-5-12(6-9-17)14-4-1-7-16-14;/h2-3,10,12,14,16H,1,4-9,11H2;1H. The van der Waals surface area contributed by atoms with E-state index < -0.39 is 0 Å². The number of amides is 1. The van der Waals surface area contributed by atoms with Crippen LogP contribution in [0, 0.1) is 5.92 Å². The Labute approximate surface area is 131 Å². The molecule has 112 valence electrons. The van der Waals surface area contributed by atoms with Crippen molar-refractivity contribution in [3.63, 3.8) is 0 Å². The summed E-state index contributed by atoms with van der Waals surface area (Å²) in [6.45, 7) is 3.09. The number of hydrogen-bond acceptors (Lipinski definition) is 3. The van der Waals surface area contributed by atoms with Gasteiger partial charge in [-0.2, -0.15) is 0 Å². The summed E-state index contributed by atoms with van der Waals surface area (Å²) in [7, 11) is 0. The Morgan fingerprint density at radius 1 is 1.35 bits per heavy atom. The van der Waals surface area contributed by atoms with E-state index in [1.165, 1.54) is 37.1 Å². The van der Waals surface area contributed by atoms with Gasteiger partial charge in [-0.25, -0.2) is 0 Å². The minimum atomic E-state index is 0. The Kier molecular flexibility index (Phi) is 5.87. The second-order valence-electron chi connectivity index (χ2n) is 5.68. The molecule has 1 amide bonds. The van der Waals surface area contributed by atoms with Gasteiger partial charge in [-0.15, -0.1) is 23.7 Å². The number of likely N-dealkylation sites (tertiary alicyclic amines) is 1. The summed E-state index contributed by atoms with van der Waals surface area (Å²) in [6, 6.07) is 4.79. The third-order valence-electron chi connectivity index (χ3n) is 4.47. The van der Waals surface area contributed by atoms with Crippen LogP contribution in [0.15, 0.2) is 17.5 Å². The molecular formula is C15H23ClN2OS. The van der Waals surface area contributed by atoms with Crippen molar-refractivity contribution in [2.45, 2.75) is 38.1 Å². The van der Waals surface area contributed by atoms with Crippen LogP contribution in [0.5, 0.6) is 0 Å². The van der Waals surface area contributed by atoms with Crippen molar-refractivity contribution in [1.29, 1.82) is 0 Å². The van der Waals surface area contributed by atoms with Crippen molar-refractivity contribution in [2.24, 2.45) is 5.92 Å². The molecule has 0 aromatic carbocycles. The molecule has 20 heavy (non-hydrogen) atoms. The number of rotatable bonds is 3. The van der Waals surface area contributed by atoms with Crippen LogP contribution in [0.1, 0.15) is 30.6 Å². The Balaban J connectivity index is 0.00000147. The van der Waals surface area contributed by atoms with Gasteiger partial charge in [0, 0.05) is 24.0 Å². The lowest BCUT2D eigenvalue weighted by atomic mass is 9.88. The van der Waals surface area contributed by atoms with Crippen molar-refractivity contribution >= 4 is 29.7 Å². The van der Waals surface area contributed by atoms with E-state index in [2.05, 4.69) is 16.3 Å². The summed E-state index contributed by atoms with van der Waals surface area (Å²) in [4.78, 5) is 15.5. The SMILES string of the molecule is Cl.O=C(Cc1cccs1)N1CCC(C2CCCN2)CC1. The summed E-state index contributed by atoms with van der Waals surface area (Å²) < 4.78 is 0. The maximum Gasteiger partial charge on any atom is 0.227 e. The van der Waals surface area contributed by atoms with Crippen LogP contribution in [0.3, 0.4) is 0 Å². The molecule has 0 spiro atoms. The van der Waals surface area contributed by atoms with Crippen molar-refractivity contribution in [2.75, 3.05) is 19.6 Å². The lowest BCUT2D eigenvalue weighted by Crippen LogP contribution is -2.43. The van der Waals surface area contributed by atoms with Gasteiger partial charge in [0.25, 0.3) is 0 Å². The van der Waals surface area contributed by atoms with Crippen LogP contribution >= 0.6 is 23.7 Å². The molecule has 3 nitrogen and oxygen atoms in total. The molecule has 2 aliphatic heterocycles. The Morgan fingerprint density at radius 3 is 2.75 bits per heavy atom. The van der Waals surface area contributed by atoms with Crippen LogP contribution < -0.4 is 5.32 Å². The number of nitrogens with one attached hydrogen (secondary N) is 1. The molecule has 3 rings (SSSR count). The van der Waals surface area contributed by atoms with Gasteiger partial charge in [0.2, 0.25) is 5.91 Å². The van der Waals surface area contributed by atoms with Gasteiger partial charge in [-0.3, -0.25) is 4.79 Å². The fourth-order valence-electron chi connectivity index (χ4n) is 3.34. The molecule has 3 heterocycles. The molecular weight excluding hydrogens is 292 g/mol. The number of nitrogens with zero attached hydrogens (tertiary/aromatic N) is 1. The zero-order chi connectivity index (χ0) is 13.1. The molecule has 1 aromatic heterocycles. The highest BCUT2D eigenvalue weighted by Gasteiger charge is 2.29. The van der Waals surface area contributed by atoms with Crippen LogP contribution in [-0.4, -0.2) is 36.5 Å². The van der Waals surface area contributed by atoms with Gasteiger partial charge >= 0.3 is 0 Å². The van der Waals surface area contributed by atoms with E-state index in [9.17, 15) is 4.79 Å². The predicted octanol–water partition coefficient (Wildman–Crippen LogP) is 2.70. The molecule has 0 bridgehead atoms. The third kappa shape index (κ3) is 3.74. The van der Waals surface area contributed by atoms with Crippen LogP contribution in [0.2, 0.25) is 0 Å².